The van der Waals surface area contributed by atoms with Crippen LogP contribution in [0.5, 0.6) is 11.5 Å². The summed E-state index contributed by atoms with van der Waals surface area (Å²) in [6.45, 7) is 0.321. The van der Waals surface area contributed by atoms with Gasteiger partial charge in [0.05, 0.1) is 13.3 Å². The minimum atomic E-state index is -1.47. The Morgan fingerprint density at radius 1 is 1.43 bits per heavy atom. The average molecular weight is 290 g/mol. The van der Waals surface area contributed by atoms with Crippen LogP contribution in [-0.4, -0.2) is 33.1 Å². The molecule has 0 saturated heterocycles. The summed E-state index contributed by atoms with van der Waals surface area (Å²) in [6, 6.07) is 7.39. The number of carboxylic acid groups (broad SMARTS) is 1. The van der Waals surface area contributed by atoms with Crippen LogP contribution in [0.4, 0.5) is 0 Å². The molecule has 0 fully saturated rings. The fourth-order valence-electron chi connectivity index (χ4n) is 1.85. The van der Waals surface area contributed by atoms with Gasteiger partial charge in [-0.1, -0.05) is 12.1 Å². The number of carboxylic acids is 1. The molecule has 21 heavy (non-hydrogen) atoms. The number of aromatic hydroxyl groups is 1. The van der Waals surface area contributed by atoms with Crippen molar-refractivity contribution in [2.75, 3.05) is 7.11 Å². The molecule has 0 aliphatic rings. The number of aromatic nitrogens is 2. The summed E-state index contributed by atoms with van der Waals surface area (Å²) in [5.41, 5.74) is -0.716. The Kier molecular flexibility index (Phi) is 4.22. The quantitative estimate of drug-likeness (QED) is 0.848. The Bertz CT molecular complexity index is 724. The van der Waals surface area contributed by atoms with Crippen molar-refractivity contribution in [2.24, 2.45) is 0 Å². The predicted molar refractivity (Wildman–Crippen MR) is 73.8 cm³/mol. The number of carbonyl (C=O) groups is 1. The van der Waals surface area contributed by atoms with Gasteiger partial charge in [0.15, 0.2) is 5.75 Å². The Morgan fingerprint density at radius 2 is 2.19 bits per heavy atom. The molecule has 7 nitrogen and oxygen atoms in total. The molecule has 0 radical (unpaired) electrons. The highest BCUT2D eigenvalue weighted by atomic mass is 16.5. The van der Waals surface area contributed by atoms with E-state index in [4.69, 9.17) is 9.84 Å². The Hall–Kier alpha value is -2.83. The molecule has 0 aliphatic heterocycles. The largest absolute Gasteiger partial charge is 0.503 e. The summed E-state index contributed by atoms with van der Waals surface area (Å²) < 4.78 is 6.35. The Morgan fingerprint density at radius 3 is 2.86 bits per heavy atom. The van der Waals surface area contributed by atoms with Gasteiger partial charge in [-0.05, 0) is 24.1 Å². The number of benzene rings is 1. The second-order valence-electron chi connectivity index (χ2n) is 4.36. The maximum absolute atomic E-state index is 11.4. The molecule has 0 aliphatic carbocycles. The average Bonchev–Trinajstić information content (AvgIpc) is 2.48. The molecule has 0 spiro atoms. The molecule has 2 rings (SSSR count). The number of hydrogen-bond donors (Lipinski definition) is 2. The zero-order chi connectivity index (χ0) is 15.4. The molecule has 0 saturated carbocycles. The van der Waals surface area contributed by atoms with E-state index in [-0.39, 0.29) is 0 Å². The van der Waals surface area contributed by atoms with Crippen molar-refractivity contribution in [2.45, 2.75) is 13.0 Å². The van der Waals surface area contributed by atoms with Gasteiger partial charge in [-0.25, -0.2) is 4.79 Å². The van der Waals surface area contributed by atoms with Crippen LogP contribution in [0.1, 0.15) is 16.1 Å². The first-order valence-electron chi connectivity index (χ1n) is 6.18. The Labute approximate surface area is 120 Å². The SMILES string of the molecule is COc1cccc(CCn2cc(O)c(=O)c(C(=O)O)n2)c1. The molecule has 0 bridgehead atoms. The van der Waals surface area contributed by atoms with E-state index in [2.05, 4.69) is 5.10 Å². The minimum Gasteiger partial charge on any atom is -0.503 e. The Balaban J connectivity index is 2.20. The molecule has 7 heteroatoms. The fourth-order valence-corrected chi connectivity index (χ4v) is 1.85. The van der Waals surface area contributed by atoms with E-state index < -0.39 is 22.8 Å². The summed E-state index contributed by atoms with van der Waals surface area (Å²) in [5, 5.41) is 22.0. The van der Waals surface area contributed by atoms with E-state index in [9.17, 15) is 14.7 Å². The van der Waals surface area contributed by atoms with Crippen LogP contribution >= 0.6 is 0 Å². The highest BCUT2D eigenvalue weighted by molar-refractivity contribution is 5.85. The summed E-state index contributed by atoms with van der Waals surface area (Å²) in [6.07, 6.45) is 1.67. The maximum atomic E-state index is 11.4. The third kappa shape index (κ3) is 3.38. The number of aryl methyl sites for hydroxylation is 2. The van der Waals surface area contributed by atoms with Gasteiger partial charge in [-0.2, -0.15) is 5.10 Å². The van der Waals surface area contributed by atoms with Crippen molar-refractivity contribution in [1.82, 2.24) is 9.78 Å². The standard InChI is InChI=1S/C14H14N2O5/c1-21-10-4-2-3-9(7-10)5-6-16-8-11(17)13(18)12(15-16)14(19)20/h2-4,7-8,17H,5-6H2,1H3,(H,19,20). The molecule has 0 unspecified atom stereocenters. The molecular formula is C14H14N2O5. The highest BCUT2D eigenvalue weighted by Crippen LogP contribution is 2.13. The van der Waals surface area contributed by atoms with Crippen LogP contribution in [0.25, 0.3) is 0 Å². The number of methoxy groups -OCH3 is 1. The zero-order valence-corrected chi connectivity index (χ0v) is 11.3. The first kappa shape index (κ1) is 14.6. The number of ether oxygens (including phenoxy) is 1. The van der Waals surface area contributed by atoms with Crippen molar-refractivity contribution in [3.63, 3.8) is 0 Å². The molecule has 2 aromatic rings. The third-order valence-corrected chi connectivity index (χ3v) is 2.91. The smallest absolute Gasteiger partial charge is 0.360 e. The summed E-state index contributed by atoms with van der Waals surface area (Å²) in [4.78, 5) is 22.3. The van der Waals surface area contributed by atoms with Crippen molar-refractivity contribution in [3.05, 3.63) is 51.9 Å². The molecule has 1 aromatic carbocycles. The van der Waals surface area contributed by atoms with Crippen LogP contribution in [0.15, 0.2) is 35.3 Å². The van der Waals surface area contributed by atoms with E-state index in [0.717, 1.165) is 17.5 Å². The second-order valence-corrected chi connectivity index (χ2v) is 4.36. The van der Waals surface area contributed by atoms with Crippen molar-refractivity contribution in [3.8, 4) is 11.5 Å². The van der Waals surface area contributed by atoms with Crippen LogP contribution in [0.3, 0.4) is 0 Å². The lowest BCUT2D eigenvalue weighted by Crippen LogP contribution is -2.22. The second kappa shape index (κ2) is 6.08. The van der Waals surface area contributed by atoms with Crippen molar-refractivity contribution >= 4 is 5.97 Å². The van der Waals surface area contributed by atoms with Crippen LogP contribution in [0.2, 0.25) is 0 Å². The van der Waals surface area contributed by atoms with E-state index >= 15 is 0 Å². The van der Waals surface area contributed by atoms with Gasteiger partial charge in [-0.15, -0.1) is 0 Å². The predicted octanol–water partition coefficient (Wildman–Crippen LogP) is 0.898. The van der Waals surface area contributed by atoms with Crippen molar-refractivity contribution in [1.29, 1.82) is 0 Å². The number of rotatable bonds is 5. The minimum absolute atomic E-state index is 0.321. The van der Waals surface area contributed by atoms with Gasteiger partial charge < -0.3 is 14.9 Å². The lowest BCUT2D eigenvalue weighted by Gasteiger charge is -2.08. The maximum Gasteiger partial charge on any atom is 0.360 e. The van der Waals surface area contributed by atoms with Crippen LogP contribution in [-0.2, 0) is 13.0 Å². The van der Waals surface area contributed by atoms with Gasteiger partial charge >= 0.3 is 5.97 Å². The molecular weight excluding hydrogens is 276 g/mol. The summed E-state index contributed by atoms with van der Waals surface area (Å²) in [7, 11) is 1.57. The highest BCUT2D eigenvalue weighted by Gasteiger charge is 2.15. The monoisotopic (exact) mass is 290 g/mol. The van der Waals surface area contributed by atoms with Crippen molar-refractivity contribution < 1.29 is 19.7 Å². The molecule has 0 amide bonds. The van der Waals surface area contributed by atoms with Gasteiger partial charge in [0.25, 0.3) is 5.43 Å². The van der Waals surface area contributed by atoms with Gasteiger partial charge in [0, 0.05) is 6.54 Å². The summed E-state index contributed by atoms with van der Waals surface area (Å²) in [5.74, 6) is -1.38. The first-order valence-corrected chi connectivity index (χ1v) is 6.18. The van der Waals surface area contributed by atoms with Crippen LogP contribution < -0.4 is 10.2 Å². The van der Waals surface area contributed by atoms with Crippen LogP contribution in [0, 0.1) is 0 Å². The normalized spacial score (nSPS) is 10.3. The lowest BCUT2D eigenvalue weighted by atomic mass is 10.1. The van der Waals surface area contributed by atoms with E-state index in [1.807, 2.05) is 24.3 Å². The zero-order valence-electron chi connectivity index (χ0n) is 11.3. The number of aromatic carboxylic acids is 1. The van der Waals surface area contributed by atoms with E-state index in [1.54, 1.807) is 7.11 Å². The topological polar surface area (TPSA) is 102 Å². The van der Waals surface area contributed by atoms with E-state index in [0.29, 0.717) is 13.0 Å². The lowest BCUT2D eigenvalue weighted by molar-refractivity contribution is 0.0685. The molecule has 1 aromatic heterocycles. The molecule has 0 atom stereocenters. The summed E-state index contributed by atoms with van der Waals surface area (Å²) >= 11 is 0. The van der Waals surface area contributed by atoms with Gasteiger partial charge in [0.1, 0.15) is 5.75 Å². The number of nitrogens with zero attached hydrogens (tertiary/aromatic N) is 2. The third-order valence-electron chi connectivity index (χ3n) is 2.91. The molecule has 110 valence electrons. The number of hydrogen-bond acceptors (Lipinski definition) is 5. The first-order chi connectivity index (χ1) is 10.0. The van der Waals surface area contributed by atoms with E-state index in [1.165, 1.54) is 4.68 Å². The van der Waals surface area contributed by atoms with Gasteiger partial charge in [0.2, 0.25) is 5.69 Å². The fraction of sp³-hybridized carbons (Fsp3) is 0.214. The van der Waals surface area contributed by atoms with Gasteiger partial charge in [-0.3, -0.25) is 9.48 Å². The molecule has 1 heterocycles. The molecule has 2 N–H and O–H groups in total.